The largest absolute Gasteiger partial charge is 0.431 e. The van der Waals surface area contributed by atoms with Crippen molar-refractivity contribution < 1.29 is 13.6 Å². The molecule has 3 aromatic heterocycles. The third-order valence-electron chi connectivity index (χ3n) is 5.89. The lowest BCUT2D eigenvalue weighted by atomic mass is 10.1. The summed E-state index contributed by atoms with van der Waals surface area (Å²) in [4.78, 5) is 18.8. The van der Waals surface area contributed by atoms with Crippen LogP contribution in [0, 0.1) is 0 Å². The number of hydrogen-bond donors (Lipinski definition) is 2. The Morgan fingerprint density at radius 1 is 1.16 bits per heavy atom. The van der Waals surface area contributed by atoms with Crippen molar-refractivity contribution in [3.63, 3.8) is 0 Å². The second kappa shape index (κ2) is 7.59. The predicted molar refractivity (Wildman–Crippen MR) is 110 cm³/mol. The van der Waals surface area contributed by atoms with Gasteiger partial charge in [0, 0.05) is 19.0 Å². The van der Waals surface area contributed by atoms with Gasteiger partial charge in [-0.1, -0.05) is 24.3 Å². The first kappa shape index (κ1) is 18.7. The van der Waals surface area contributed by atoms with Gasteiger partial charge in [-0.3, -0.25) is 4.79 Å². The number of carbonyl (C=O) groups excluding carboxylic acids is 1. The number of fused-ring (bicyclic) bond motifs is 2. The Bertz CT molecular complexity index is 1250. The number of oxazole rings is 1. The maximum atomic E-state index is 12.6. The van der Waals surface area contributed by atoms with Crippen LogP contribution in [0.5, 0.6) is 0 Å². The van der Waals surface area contributed by atoms with Crippen LogP contribution >= 0.6 is 0 Å². The smallest absolute Gasteiger partial charge is 0.295 e. The van der Waals surface area contributed by atoms with E-state index in [0.29, 0.717) is 31.2 Å². The van der Waals surface area contributed by atoms with E-state index in [-0.39, 0.29) is 30.2 Å². The summed E-state index contributed by atoms with van der Waals surface area (Å²) in [7, 11) is 0. The number of aromatic nitrogens is 6. The maximum absolute atomic E-state index is 12.6. The van der Waals surface area contributed by atoms with Crippen molar-refractivity contribution in [1.29, 1.82) is 0 Å². The minimum absolute atomic E-state index is 0.0173. The summed E-state index contributed by atoms with van der Waals surface area (Å²) in [6, 6.07) is 9.04. The van der Waals surface area contributed by atoms with E-state index in [4.69, 9.17) is 8.83 Å². The highest BCUT2D eigenvalue weighted by molar-refractivity contribution is 5.78. The van der Waals surface area contributed by atoms with E-state index in [9.17, 15) is 4.79 Å². The summed E-state index contributed by atoms with van der Waals surface area (Å²) >= 11 is 0. The Morgan fingerprint density at radius 2 is 1.97 bits per heavy atom. The molecule has 1 aliphatic carbocycles. The zero-order valence-electron chi connectivity index (χ0n) is 17.1. The van der Waals surface area contributed by atoms with E-state index in [1.807, 2.05) is 0 Å². The second-order valence-corrected chi connectivity index (χ2v) is 8.02. The number of rotatable bonds is 5. The molecular formula is C21H20N8O3. The molecule has 0 bridgehead atoms. The average Bonchev–Trinajstić information content (AvgIpc) is 3.59. The topological polar surface area (TPSA) is 139 Å². The molecule has 11 heteroatoms. The minimum atomic E-state index is -0.0999. The number of nitrogens with one attached hydrogen (secondary N) is 2. The Hall–Kier alpha value is -4.02. The number of aromatic amines is 1. The van der Waals surface area contributed by atoms with Crippen LogP contribution < -0.4 is 5.32 Å². The fourth-order valence-corrected chi connectivity index (χ4v) is 4.26. The molecule has 0 atom stereocenters. The number of carbonyl (C=O) groups is 1. The van der Waals surface area contributed by atoms with Crippen molar-refractivity contribution in [2.45, 2.75) is 38.3 Å². The molecule has 0 saturated heterocycles. The van der Waals surface area contributed by atoms with Crippen LogP contribution in [0.2, 0.25) is 0 Å². The molecular weight excluding hydrogens is 412 g/mol. The third kappa shape index (κ3) is 3.51. The second-order valence-electron chi connectivity index (χ2n) is 8.02. The summed E-state index contributed by atoms with van der Waals surface area (Å²) in [5, 5.41) is 22.1. The highest BCUT2D eigenvalue weighted by Gasteiger charge is 2.26. The van der Waals surface area contributed by atoms with E-state index < -0.39 is 0 Å². The molecule has 0 fully saturated rings. The van der Waals surface area contributed by atoms with E-state index >= 15 is 0 Å². The molecule has 1 amide bonds. The van der Waals surface area contributed by atoms with Crippen LogP contribution in [0.3, 0.4) is 0 Å². The lowest BCUT2D eigenvalue weighted by molar-refractivity contribution is -0.131. The molecule has 6 rings (SSSR count). The Kier molecular flexibility index (Phi) is 4.44. The number of benzene rings is 1. The van der Waals surface area contributed by atoms with E-state index in [2.05, 4.69) is 60.2 Å². The van der Waals surface area contributed by atoms with Crippen LogP contribution in [0.25, 0.3) is 11.6 Å². The number of anilines is 1. The van der Waals surface area contributed by atoms with Gasteiger partial charge in [-0.05, 0) is 24.0 Å². The van der Waals surface area contributed by atoms with Crippen molar-refractivity contribution in [2.24, 2.45) is 0 Å². The van der Waals surface area contributed by atoms with Crippen LogP contribution in [0.1, 0.15) is 28.4 Å². The van der Waals surface area contributed by atoms with Crippen LogP contribution in [-0.2, 0) is 37.0 Å². The lowest BCUT2D eigenvalue weighted by Gasteiger charge is -2.24. The summed E-state index contributed by atoms with van der Waals surface area (Å²) in [5.74, 6) is 0.355. The van der Waals surface area contributed by atoms with E-state index in [0.717, 1.165) is 24.2 Å². The van der Waals surface area contributed by atoms with E-state index in [1.54, 1.807) is 4.90 Å². The molecule has 32 heavy (non-hydrogen) atoms. The molecule has 0 saturated carbocycles. The SMILES string of the molecule is O=C(Cc1nnc(-c2coc(NC3Cc4ccccc4C3)n2)o1)N1CCc2n[nH]nc2C1. The van der Waals surface area contributed by atoms with Crippen molar-refractivity contribution in [1.82, 2.24) is 35.5 Å². The van der Waals surface area contributed by atoms with Crippen LogP contribution in [0.15, 0.2) is 39.4 Å². The number of amides is 1. The first-order valence-corrected chi connectivity index (χ1v) is 10.5. The van der Waals surface area contributed by atoms with Gasteiger partial charge in [0.05, 0.1) is 12.2 Å². The minimum Gasteiger partial charge on any atom is -0.431 e. The highest BCUT2D eigenvalue weighted by atomic mass is 16.4. The van der Waals surface area contributed by atoms with E-state index in [1.165, 1.54) is 17.4 Å². The average molecular weight is 432 g/mol. The van der Waals surface area contributed by atoms with Gasteiger partial charge in [0.25, 0.3) is 11.9 Å². The van der Waals surface area contributed by atoms with Gasteiger partial charge >= 0.3 is 0 Å². The molecule has 1 aliphatic heterocycles. The van der Waals surface area contributed by atoms with Gasteiger partial charge in [0.15, 0.2) is 5.69 Å². The molecule has 0 spiro atoms. The van der Waals surface area contributed by atoms with Crippen LogP contribution in [0.4, 0.5) is 6.01 Å². The molecule has 0 unspecified atom stereocenters. The van der Waals surface area contributed by atoms with Crippen molar-refractivity contribution >= 4 is 11.9 Å². The van der Waals surface area contributed by atoms with Gasteiger partial charge in [-0.25, -0.2) is 0 Å². The molecule has 4 heterocycles. The Labute approximate surface area is 182 Å². The highest BCUT2D eigenvalue weighted by Crippen LogP contribution is 2.26. The zero-order chi connectivity index (χ0) is 21.5. The number of nitrogens with zero attached hydrogens (tertiary/aromatic N) is 6. The first-order valence-electron chi connectivity index (χ1n) is 10.5. The van der Waals surface area contributed by atoms with Crippen LogP contribution in [-0.4, -0.2) is 54.0 Å². The zero-order valence-corrected chi connectivity index (χ0v) is 17.1. The summed E-state index contributed by atoms with van der Waals surface area (Å²) in [5.41, 5.74) is 4.82. The Morgan fingerprint density at radius 3 is 2.81 bits per heavy atom. The fourth-order valence-electron chi connectivity index (χ4n) is 4.26. The van der Waals surface area contributed by atoms with Crippen molar-refractivity contribution in [3.8, 4) is 11.6 Å². The first-order chi connectivity index (χ1) is 15.7. The van der Waals surface area contributed by atoms with Gasteiger partial charge in [-0.2, -0.15) is 20.4 Å². The third-order valence-corrected chi connectivity index (χ3v) is 5.89. The lowest BCUT2D eigenvalue weighted by Crippen LogP contribution is -2.37. The maximum Gasteiger partial charge on any atom is 0.295 e. The van der Waals surface area contributed by atoms with Crippen molar-refractivity contribution in [3.05, 3.63) is 58.9 Å². The fraction of sp³-hybridized carbons (Fsp3) is 0.333. The monoisotopic (exact) mass is 432 g/mol. The van der Waals surface area contributed by atoms with Gasteiger partial charge in [0.1, 0.15) is 18.4 Å². The summed E-state index contributed by atoms with van der Waals surface area (Å²) in [6.07, 6.45) is 4.01. The molecule has 0 radical (unpaired) electrons. The Balaban J connectivity index is 1.08. The quantitative estimate of drug-likeness (QED) is 0.481. The number of H-pyrrole nitrogens is 1. The summed E-state index contributed by atoms with van der Waals surface area (Å²) in [6.45, 7) is 1.01. The molecule has 162 valence electrons. The molecule has 2 N–H and O–H groups in total. The molecule has 11 nitrogen and oxygen atoms in total. The summed E-state index contributed by atoms with van der Waals surface area (Å²) < 4.78 is 11.2. The molecule has 2 aliphatic rings. The number of hydrogen-bond acceptors (Lipinski definition) is 9. The van der Waals surface area contributed by atoms with Crippen molar-refractivity contribution in [2.75, 3.05) is 11.9 Å². The predicted octanol–water partition coefficient (Wildman–Crippen LogP) is 1.55. The standard InChI is InChI=1S/C21H20N8O3/c30-19(29-6-5-15-16(10-29)25-28-24-15)9-18-26-27-20(32-18)17-11-31-21(23-17)22-14-7-12-3-1-2-4-13(12)8-14/h1-4,11,14H,5-10H2,(H,22,23)(H,24,25,28). The van der Waals surface area contributed by atoms with Gasteiger partial charge in [0.2, 0.25) is 11.8 Å². The normalized spacial score (nSPS) is 15.6. The molecule has 4 aromatic rings. The van der Waals surface area contributed by atoms with Gasteiger partial charge < -0.3 is 19.1 Å². The molecule has 1 aromatic carbocycles. The van der Waals surface area contributed by atoms with Gasteiger partial charge in [-0.15, -0.1) is 10.2 Å².